The number of piperazine rings is 1. The third-order valence-electron chi connectivity index (χ3n) is 7.09. The molecule has 2 aromatic heterocycles. The first-order valence-corrected chi connectivity index (χ1v) is 12.2. The highest BCUT2D eigenvalue weighted by Gasteiger charge is 2.34. The molecule has 0 spiro atoms. The van der Waals surface area contributed by atoms with Gasteiger partial charge in [-0.15, -0.1) is 10.2 Å². The summed E-state index contributed by atoms with van der Waals surface area (Å²) in [7, 11) is 0. The van der Waals surface area contributed by atoms with Crippen molar-refractivity contribution in [1.82, 2.24) is 25.5 Å². The Kier molecular flexibility index (Phi) is 5.58. The molecular weight excluding hydrogens is 452 g/mol. The van der Waals surface area contributed by atoms with Gasteiger partial charge in [0.15, 0.2) is 5.82 Å². The zero-order valence-corrected chi connectivity index (χ0v) is 19.5. The third-order valence-corrected chi connectivity index (χ3v) is 7.39. The SMILES string of the molecule is Oc1c(Cl)cccc1-c1cc2c(nn1)NC[C@@H]1CN(c3ncc(C4CCNCC4)cn3)CCN21. The van der Waals surface area contributed by atoms with Crippen LogP contribution in [0.1, 0.15) is 24.3 Å². The van der Waals surface area contributed by atoms with Gasteiger partial charge in [0.25, 0.3) is 0 Å². The molecular formula is C24H27ClN8O. The molecule has 0 amide bonds. The van der Waals surface area contributed by atoms with Crippen LogP contribution in [0.2, 0.25) is 5.02 Å². The number of hydrogen-bond donors (Lipinski definition) is 3. The van der Waals surface area contributed by atoms with Crippen LogP contribution < -0.4 is 20.4 Å². The molecule has 6 rings (SSSR count). The van der Waals surface area contributed by atoms with Gasteiger partial charge >= 0.3 is 0 Å². The molecule has 5 heterocycles. The smallest absolute Gasteiger partial charge is 0.225 e. The number of rotatable bonds is 3. The molecule has 34 heavy (non-hydrogen) atoms. The summed E-state index contributed by atoms with van der Waals surface area (Å²) in [4.78, 5) is 14.1. The minimum atomic E-state index is 0.0219. The van der Waals surface area contributed by atoms with Crippen LogP contribution in [0.15, 0.2) is 36.7 Å². The summed E-state index contributed by atoms with van der Waals surface area (Å²) in [6, 6.07) is 7.48. The zero-order valence-electron chi connectivity index (χ0n) is 18.8. The molecule has 9 nitrogen and oxygen atoms in total. The molecule has 3 aliphatic heterocycles. The van der Waals surface area contributed by atoms with E-state index in [0.29, 0.717) is 22.2 Å². The highest BCUT2D eigenvalue weighted by Crippen LogP contribution is 2.38. The van der Waals surface area contributed by atoms with E-state index in [1.54, 1.807) is 18.2 Å². The quantitative estimate of drug-likeness (QED) is 0.524. The maximum absolute atomic E-state index is 10.4. The van der Waals surface area contributed by atoms with Crippen LogP contribution in [0, 0.1) is 0 Å². The molecule has 0 aliphatic carbocycles. The van der Waals surface area contributed by atoms with E-state index in [1.807, 2.05) is 18.5 Å². The molecule has 1 atom stereocenters. The normalized spacial score (nSPS) is 20.4. The highest BCUT2D eigenvalue weighted by atomic mass is 35.5. The number of para-hydroxylation sites is 1. The Bertz CT molecular complexity index is 1180. The van der Waals surface area contributed by atoms with Crippen molar-refractivity contribution in [2.45, 2.75) is 24.8 Å². The number of phenols is 1. The van der Waals surface area contributed by atoms with E-state index in [9.17, 15) is 5.11 Å². The lowest BCUT2D eigenvalue weighted by molar-refractivity contribution is 0.458. The second-order valence-corrected chi connectivity index (χ2v) is 9.52. The number of piperidine rings is 1. The van der Waals surface area contributed by atoms with E-state index in [1.165, 1.54) is 5.56 Å². The molecule has 1 aromatic carbocycles. The van der Waals surface area contributed by atoms with Crippen molar-refractivity contribution in [1.29, 1.82) is 0 Å². The number of aromatic hydroxyl groups is 1. The van der Waals surface area contributed by atoms with Crippen molar-refractivity contribution in [2.24, 2.45) is 0 Å². The maximum Gasteiger partial charge on any atom is 0.225 e. The van der Waals surface area contributed by atoms with Gasteiger partial charge in [-0.05, 0) is 55.6 Å². The van der Waals surface area contributed by atoms with Crippen molar-refractivity contribution < 1.29 is 5.11 Å². The number of aromatic nitrogens is 4. The van der Waals surface area contributed by atoms with Crippen LogP contribution in [0.4, 0.5) is 17.5 Å². The summed E-state index contributed by atoms with van der Waals surface area (Å²) in [5, 5.41) is 26.2. The average Bonchev–Trinajstić information content (AvgIpc) is 2.90. The van der Waals surface area contributed by atoms with Gasteiger partial charge in [-0.1, -0.05) is 17.7 Å². The van der Waals surface area contributed by atoms with Crippen LogP contribution in [-0.4, -0.2) is 70.6 Å². The topological polar surface area (TPSA) is 102 Å². The van der Waals surface area contributed by atoms with Gasteiger partial charge in [0.1, 0.15) is 5.75 Å². The van der Waals surface area contributed by atoms with E-state index in [-0.39, 0.29) is 11.8 Å². The Morgan fingerprint density at radius 2 is 1.88 bits per heavy atom. The zero-order chi connectivity index (χ0) is 23.1. The van der Waals surface area contributed by atoms with Gasteiger partial charge in [-0.2, -0.15) is 0 Å². The highest BCUT2D eigenvalue weighted by molar-refractivity contribution is 6.32. The van der Waals surface area contributed by atoms with Crippen molar-refractivity contribution >= 4 is 29.1 Å². The number of nitrogens with one attached hydrogen (secondary N) is 2. The van der Waals surface area contributed by atoms with E-state index < -0.39 is 0 Å². The minimum Gasteiger partial charge on any atom is -0.506 e. The molecule has 3 N–H and O–H groups in total. The fourth-order valence-corrected chi connectivity index (χ4v) is 5.36. The summed E-state index contributed by atoms with van der Waals surface area (Å²) in [5.74, 6) is 2.13. The van der Waals surface area contributed by atoms with Crippen LogP contribution in [0.3, 0.4) is 0 Å². The van der Waals surface area contributed by atoms with Crippen molar-refractivity contribution in [2.75, 3.05) is 54.4 Å². The van der Waals surface area contributed by atoms with Crippen molar-refractivity contribution in [3.63, 3.8) is 0 Å². The second-order valence-electron chi connectivity index (χ2n) is 9.11. The number of phenolic OH excluding ortho intramolecular Hbond substituents is 1. The molecule has 0 radical (unpaired) electrons. The van der Waals surface area contributed by atoms with Crippen LogP contribution >= 0.6 is 11.6 Å². The predicted octanol–water partition coefficient (Wildman–Crippen LogP) is 2.88. The Morgan fingerprint density at radius 1 is 1.06 bits per heavy atom. The lowest BCUT2D eigenvalue weighted by atomic mass is 9.92. The molecule has 3 aromatic rings. The fourth-order valence-electron chi connectivity index (χ4n) is 5.18. The van der Waals surface area contributed by atoms with E-state index >= 15 is 0 Å². The predicted molar refractivity (Wildman–Crippen MR) is 133 cm³/mol. The summed E-state index contributed by atoms with van der Waals surface area (Å²) in [6.07, 6.45) is 6.32. The minimum absolute atomic E-state index is 0.0219. The van der Waals surface area contributed by atoms with Crippen LogP contribution in [-0.2, 0) is 0 Å². The van der Waals surface area contributed by atoms with Gasteiger partial charge in [0, 0.05) is 44.1 Å². The van der Waals surface area contributed by atoms with E-state index in [2.05, 4.69) is 30.6 Å². The Morgan fingerprint density at radius 3 is 2.71 bits per heavy atom. The summed E-state index contributed by atoms with van der Waals surface area (Å²) in [5.41, 5.74) is 3.40. The molecule has 10 heteroatoms. The van der Waals surface area contributed by atoms with Crippen LogP contribution in [0.5, 0.6) is 5.75 Å². The number of hydrogen-bond acceptors (Lipinski definition) is 9. The lowest BCUT2D eigenvalue weighted by Crippen LogP contribution is -2.58. The number of anilines is 3. The molecule has 0 unspecified atom stereocenters. The number of fused-ring (bicyclic) bond motifs is 3. The second kappa shape index (κ2) is 8.88. The summed E-state index contributed by atoms with van der Waals surface area (Å²) < 4.78 is 0. The third kappa shape index (κ3) is 3.88. The molecule has 176 valence electrons. The standard InChI is InChI=1S/C24H27ClN8O/c25-19-3-1-2-18(22(19)34)20-10-21-23(31-30-20)27-13-17-14-32(8-9-33(17)21)24-28-11-16(12-29-24)15-4-6-26-7-5-15/h1-3,10-12,15,17,26,34H,4-9,13-14H2,(H,27,31)/t17-/m1/s1. The molecule has 0 bridgehead atoms. The van der Waals surface area contributed by atoms with Crippen LogP contribution in [0.25, 0.3) is 11.3 Å². The van der Waals surface area contributed by atoms with E-state index in [4.69, 9.17) is 21.6 Å². The van der Waals surface area contributed by atoms with Gasteiger partial charge in [-0.3, -0.25) is 0 Å². The van der Waals surface area contributed by atoms with Gasteiger partial charge in [0.05, 0.1) is 22.4 Å². The molecule has 0 saturated carbocycles. The Labute approximate surface area is 203 Å². The van der Waals surface area contributed by atoms with E-state index in [0.717, 1.165) is 69.6 Å². The lowest BCUT2D eigenvalue weighted by Gasteiger charge is -2.45. The first-order chi connectivity index (χ1) is 16.7. The monoisotopic (exact) mass is 478 g/mol. The Hall–Kier alpha value is -3.17. The summed E-state index contributed by atoms with van der Waals surface area (Å²) >= 11 is 6.10. The first kappa shape index (κ1) is 21.4. The largest absolute Gasteiger partial charge is 0.506 e. The molecule has 2 fully saturated rings. The number of halogens is 1. The maximum atomic E-state index is 10.4. The van der Waals surface area contributed by atoms with Gasteiger partial charge in [-0.25, -0.2) is 9.97 Å². The number of nitrogens with zero attached hydrogens (tertiary/aromatic N) is 6. The average molecular weight is 479 g/mol. The van der Waals surface area contributed by atoms with Gasteiger partial charge in [0.2, 0.25) is 5.95 Å². The molecule has 2 saturated heterocycles. The van der Waals surface area contributed by atoms with Crippen molar-refractivity contribution in [3.05, 3.63) is 47.2 Å². The number of benzene rings is 1. The fraction of sp³-hybridized carbons (Fsp3) is 0.417. The molecule has 3 aliphatic rings. The van der Waals surface area contributed by atoms with Crippen molar-refractivity contribution in [3.8, 4) is 17.0 Å². The first-order valence-electron chi connectivity index (χ1n) is 11.8. The van der Waals surface area contributed by atoms with Gasteiger partial charge < -0.3 is 25.5 Å². The Balaban J connectivity index is 1.20. The summed E-state index contributed by atoms with van der Waals surface area (Å²) in [6.45, 7) is 5.36.